The van der Waals surface area contributed by atoms with Crippen molar-refractivity contribution in [2.75, 3.05) is 7.11 Å². The highest BCUT2D eigenvalue weighted by Crippen LogP contribution is 1.85. The van der Waals surface area contributed by atoms with Crippen molar-refractivity contribution in [2.24, 2.45) is 11.6 Å². The van der Waals surface area contributed by atoms with Gasteiger partial charge in [-0.1, -0.05) is 0 Å². The predicted octanol–water partition coefficient (Wildman–Crippen LogP) is -1.29. The summed E-state index contributed by atoms with van der Waals surface area (Å²) in [6.07, 6.45) is -0.979. The van der Waals surface area contributed by atoms with E-state index in [4.69, 9.17) is 15.9 Å². The maximum atomic E-state index is 9.86. The Morgan fingerprint density at radius 1 is 1.58 bits per heavy atom. The number of aliphatic hydroxyl groups excluding tert-OH is 1. The number of carboxylic acid groups (broad SMARTS) is 1. The van der Waals surface area contributed by atoms with E-state index in [-0.39, 0.29) is 12.4 Å². The molecule has 2 atom stereocenters. The molecule has 0 saturated carbocycles. The van der Waals surface area contributed by atoms with Crippen LogP contribution in [-0.2, 0) is 9.63 Å². The van der Waals surface area contributed by atoms with Gasteiger partial charge in [-0.05, 0) is 6.92 Å². The third-order valence-corrected chi connectivity index (χ3v) is 0.805. The summed E-state index contributed by atoms with van der Waals surface area (Å²) in [5, 5.41) is 16.6. The maximum Gasteiger partial charge on any atom is 0.323 e. The molecule has 0 aromatic rings. The molecule has 0 aromatic carbocycles. The highest BCUT2D eigenvalue weighted by molar-refractivity contribution is 5.85. The third-order valence-electron chi connectivity index (χ3n) is 0.805. The van der Waals surface area contributed by atoms with E-state index in [1.54, 1.807) is 0 Å². The fourth-order valence-electron chi connectivity index (χ4n) is 0.206. The first-order valence-electron chi connectivity index (χ1n) is 2.86. The van der Waals surface area contributed by atoms with Crippen LogP contribution in [0.3, 0.4) is 0 Å². The lowest BCUT2D eigenvalue weighted by Crippen LogP contribution is -2.39. The monoisotopic (exact) mass is 202 g/mol. The van der Waals surface area contributed by atoms with E-state index in [2.05, 4.69) is 10.7 Å². The Balaban J connectivity index is -0.000000177. The van der Waals surface area contributed by atoms with Crippen molar-refractivity contribution >= 4 is 18.4 Å². The molecule has 0 bridgehead atoms. The Bertz CT molecular complexity index is 112. The van der Waals surface area contributed by atoms with Gasteiger partial charge in [0, 0.05) is 0 Å². The molecule has 6 N–H and O–H groups in total. The van der Waals surface area contributed by atoms with Gasteiger partial charge < -0.3 is 20.8 Å². The van der Waals surface area contributed by atoms with Crippen LogP contribution in [0.5, 0.6) is 0 Å². The van der Waals surface area contributed by atoms with Crippen LogP contribution in [0.25, 0.3) is 0 Å². The quantitative estimate of drug-likeness (QED) is 0.414. The van der Waals surface area contributed by atoms with Crippen LogP contribution in [0.4, 0.5) is 0 Å². The Morgan fingerprint density at radius 3 is 1.83 bits per heavy atom. The van der Waals surface area contributed by atoms with Gasteiger partial charge in [0.15, 0.2) is 0 Å². The number of hydrogen-bond acceptors (Lipinski definition) is 5. The van der Waals surface area contributed by atoms with Crippen LogP contribution >= 0.6 is 12.4 Å². The van der Waals surface area contributed by atoms with Crippen molar-refractivity contribution in [1.82, 2.24) is 0 Å². The second kappa shape index (κ2) is 10.6. The Labute approximate surface area is 76.9 Å². The summed E-state index contributed by atoms with van der Waals surface area (Å²) in [6, 6.07) is -1.16. The molecule has 0 spiro atoms. The topological polar surface area (TPSA) is 119 Å². The molecule has 0 unspecified atom stereocenters. The summed E-state index contributed by atoms with van der Waals surface area (Å²) in [7, 11) is 1.40. The van der Waals surface area contributed by atoms with E-state index in [0.717, 1.165) is 0 Å². The molecular weight excluding hydrogens is 188 g/mol. The van der Waals surface area contributed by atoms with Crippen LogP contribution in [0.15, 0.2) is 0 Å². The second-order valence-corrected chi connectivity index (χ2v) is 1.84. The van der Waals surface area contributed by atoms with Gasteiger partial charge in [0.05, 0.1) is 13.2 Å². The van der Waals surface area contributed by atoms with E-state index in [0.29, 0.717) is 0 Å². The zero-order valence-corrected chi connectivity index (χ0v) is 7.75. The number of rotatable bonds is 2. The first-order chi connectivity index (χ1) is 4.97. The maximum absolute atomic E-state index is 9.86. The number of hydrogen-bond donors (Lipinski definition) is 4. The molecule has 0 rings (SSSR count). The molecule has 7 heteroatoms. The number of carboxylic acids is 1. The van der Waals surface area contributed by atoms with Crippen LogP contribution < -0.4 is 11.6 Å². The van der Waals surface area contributed by atoms with E-state index in [9.17, 15) is 4.79 Å². The number of aliphatic carboxylic acids is 1. The van der Waals surface area contributed by atoms with Gasteiger partial charge in [-0.25, -0.2) is 5.90 Å². The lowest BCUT2D eigenvalue weighted by Gasteiger charge is -2.06. The summed E-state index contributed by atoms with van der Waals surface area (Å²) in [6.45, 7) is 1.33. The van der Waals surface area contributed by atoms with Gasteiger partial charge in [0.1, 0.15) is 6.04 Å². The first-order valence-corrected chi connectivity index (χ1v) is 2.86. The fourth-order valence-corrected chi connectivity index (χ4v) is 0.206. The first kappa shape index (κ1) is 17.6. The summed E-state index contributed by atoms with van der Waals surface area (Å²) in [4.78, 5) is 13.6. The minimum atomic E-state index is -1.18. The van der Waals surface area contributed by atoms with Crippen LogP contribution in [-0.4, -0.2) is 35.4 Å². The van der Waals surface area contributed by atoms with Gasteiger partial charge in [0.2, 0.25) is 0 Å². The fraction of sp³-hybridized carbons (Fsp3) is 0.800. The summed E-state index contributed by atoms with van der Waals surface area (Å²) in [5.74, 6) is 3.17. The standard InChI is InChI=1S/C4H9NO3.CH5NO.ClH/c1-2(6)3(5)4(7)8;1-3-2;/h2-3,6H,5H2,1H3,(H,7,8);2H2,1H3;1H/t2-,3+;;/m1../s1. The molecule has 0 aliphatic heterocycles. The number of halogens is 1. The van der Waals surface area contributed by atoms with Crippen LogP contribution in [0, 0.1) is 0 Å². The summed E-state index contributed by atoms with van der Waals surface area (Å²) >= 11 is 0. The number of aliphatic hydroxyl groups is 1. The molecule has 0 aromatic heterocycles. The lowest BCUT2D eigenvalue weighted by molar-refractivity contribution is -0.140. The van der Waals surface area contributed by atoms with Gasteiger partial charge in [-0.15, -0.1) is 12.4 Å². The second-order valence-electron chi connectivity index (χ2n) is 1.84. The van der Waals surface area contributed by atoms with Crippen LogP contribution in [0.1, 0.15) is 6.92 Å². The highest BCUT2D eigenvalue weighted by Gasteiger charge is 2.16. The van der Waals surface area contributed by atoms with E-state index in [1.165, 1.54) is 14.0 Å². The minimum absolute atomic E-state index is 0. The summed E-state index contributed by atoms with van der Waals surface area (Å²) < 4.78 is 0. The van der Waals surface area contributed by atoms with E-state index >= 15 is 0 Å². The average Bonchev–Trinajstić information content (AvgIpc) is 1.87. The molecule has 6 nitrogen and oxygen atoms in total. The molecule has 0 aliphatic rings. The smallest absolute Gasteiger partial charge is 0.323 e. The van der Waals surface area contributed by atoms with E-state index < -0.39 is 18.1 Å². The van der Waals surface area contributed by atoms with Gasteiger partial charge in [0.25, 0.3) is 0 Å². The largest absolute Gasteiger partial charge is 0.480 e. The lowest BCUT2D eigenvalue weighted by atomic mass is 10.2. The Hall–Kier alpha value is -0.400. The van der Waals surface area contributed by atoms with Crippen molar-refractivity contribution in [1.29, 1.82) is 0 Å². The highest BCUT2D eigenvalue weighted by atomic mass is 35.5. The zero-order chi connectivity index (χ0) is 9.44. The van der Waals surface area contributed by atoms with Crippen molar-refractivity contribution in [3.8, 4) is 0 Å². The van der Waals surface area contributed by atoms with Gasteiger partial charge in [-0.2, -0.15) is 0 Å². The third kappa shape index (κ3) is 12.3. The molecular formula is C5H15ClN2O4. The molecule has 12 heavy (non-hydrogen) atoms. The van der Waals surface area contributed by atoms with Crippen molar-refractivity contribution in [3.63, 3.8) is 0 Å². The van der Waals surface area contributed by atoms with Gasteiger partial charge in [-0.3, -0.25) is 4.79 Å². The molecule has 0 heterocycles. The molecule has 0 radical (unpaired) electrons. The molecule has 76 valence electrons. The molecule has 0 amide bonds. The minimum Gasteiger partial charge on any atom is -0.480 e. The van der Waals surface area contributed by atoms with Crippen molar-refractivity contribution in [2.45, 2.75) is 19.1 Å². The zero-order valence-electron chi connectivity index (χ0n) is 6.93. The number of carbonyl (C=O) groups is 1. The van der Waals surface area contributed by atoms with E-state index in [1.807, 2.05) is 0 Å². The molecule has 0 aliphatic carbocycles. The average molecular weight is 203 g/mol. The normalized spacial score (nSPS) is 13.1. The number of nitrogens with two attached hydrogens (primary N) is 2. The Kier molecular flexibility index (Phi) is 15.6. The SMILES string of the molecule is CON.C[C@@H](O)[C@H](N)C(=O)O.Cl. The predicted molar refractivity (Wildman–Crippen MR) is 45.7 cm³/mol. The molecule has 0 fully saturated rings. The van der Waals surface area contributed by atoms with Crippen molar-refractivity contribution in [3.05, 3.63) is 0 Å². The Morgan fingerprint density at radius 2 is 1.83 bits per heavy atom. The van der Waals surface area contributed by atoms with Crippen LogP contribution in [0.2, 0.25) is 0 Å². The van der Waals surface area contributed by atoms with Crippen molar-refractivity contribution < 1.29 is 19.8 Å². The molecule has 0 saturated heterocycles. The van der Waals surface area contributed by atoms with Gasteiger partial charge >= 0.3 is 5.97 Å². The summed E-state index contributed by atoms with van der Waals surface area (Å²) in [5.41, 5.74) is 4.91.